The van der Waals surface area contributed by atoms with E-state index in [4.69, 9.17) is 16.6 Å². The summed E-state index contributed by atoms with van der Waals surface area (Å²) in [5, 5.41) is 1.78. The summed E-state index contributed by atoms with van der Waals surface area (Å²) in [5.41, 5.74) is 8.34. The summed E-state index contributed by atoms with van der Waals surface area (Å²) in [4.78, 5) is 25.1. The standard InChI is InChI=1S/C29H26ClN5O/c1-19-26(30)8-7-25-24(9-11-31-29(19)25)27-18-32-28-17-22(10-12-35(27)28)21-3-5-23(6-4-21)34-15-13-33(14-16-34)20(2)36/h3-12,17-18H,13-16H2,1-2H3. The van der Waals surface area contributed by atoms with Gasteiger partial charge in [-0.25, -0.2) is 4.98 Å². The Balaban J connectivity index is 1.29. The van der Waals surface area contributed by atoms with Gasteiger partial charge in [-0.2, -0.15) is 0 Å². The summed E-state index contributed by atoms with van der Waals surface area (Å²) in [6.45, 7) is 6.90. The highest BCUT2D eigenvalue weighted by molar-refractivity contribution is 6.32. The SMILES string of the molecule is CC(=O)N1CCN(c2ccc(-c3ccn4c(-c5ccnc6c(C)c(Cl)ccc56)cnc4c3)cc2)CC1. The molecule has 1 aliphatic rings. The van der Waals surface area contributed by atoms with Crippen LogP contribution in [0.5, 0.6) is 0 Å². The molecule has 1 amide bonds. The zero-order valence-electron chi connectivity index (χ0n) is 20.3. The van der Waals surface area contributed by atoms with E-state index < -0.39 is 0 Å². The molecule has 0 unspecified atom stereocenters. The molecule has 180 valence electrons. The van der Waals surface area contributed by atoms with Gasteiger partial charge in [0.1, 0.15) is 5.65 Å². The van der Waals surface area contributed by atoms with E-state index in [1.165, 1.54) is 5.69 Å². The van der Waals surface area contributed by atoms with Crippen LogP contribution in [-0.4, -0.2) is 51.4 Å². The predicted molar refractivity (Wildman–Crippen MR) is 146 cm³/mol. The average Bonchev–Trinajstić information content (AvgIpc) is 3.34. The molecule has 1 saturated heterocycles. The predicted octanol–water partition coefficient (Wildman–Crippen LogP) is 5.85. The summed E-state index contributed by atoms with van der Waals surface area (Å²) >= 11 is 6.33. The van der Waals surface area contributed by atoms with Crippen molar-refractivity contribution < 1.29 is 4.79 Å². The third-order valence-electron chi connectivity index (χ3n) is 7.18. The molecule has 1 fully saturated rings. The number of fused-ring (bicyclic) bond motifs is 2. The minimum absolute atomic E-state index is 0.152. The number of carbonyl (C=O) groups excluding carboxylic acids is 1. The number of hydrogen-bond acceptors (Lipinski definition) is 4. The fourth-order valence-electron chi connectivity index (χ4n) is 5.06. The quantitative estimate of drug-likeness (QED) is 0.315. The van der Waals surface area contributed by atoms with Crippen LogP contribution in [0.3, 0.4) is 0 Å². The van der Waals surface area contributed by atoms with Crippen molar-refractivity contribution in [2.75, 3.05) is 31.1 Å². The lowest BCUT2D eigenvalue weighted by Crippen LogP contribution is -2.48. The Labute approximate surface area is 214 Å². The number of halogens is 1. The smallest absolute Gasteiger partial charge is 0.219 e. The Bertz CT molecular complexity index is 1600. The van der Waals surface area contributed by atoms with Crippen molar-refractivity contribution in [3.8, 4) is 22.4 Å². The molecule has 0 N–H and O–H groups in total. The third-order valence-corrected chi connectivity index (χ3v) is 7.59. The van der Waals surface area contributed by atoms with E-state index in [2.05, 4.69) is 56.9 Å². The number of benzene rings is 2. The van der Waals surface area contributed by atoms with Gasteiger partial charge in [-0.15, -0.1) is 0 Å². The van der Waals surface area contributed by atoms with E-state index in [-0.39, 0.29) is 5.91 Å². The molecule has 0 atom stereocenters. The molecule has 7 heteroatoms. The van der Waals surface area contributed by atoms with Gasteiger partial charge in [-0.3, -0.25) is 14.2 Å². The van der Waals surface area contributed by atoms with Crippen molar-refractivity contribution >= 4 is 39.7 Å². The molecule has 1 aliphatic heterocycles. The summed E-state index contributed by atoms with van der Waals surface area (Å²) in [7, 11) is 0. The number of nitrogens with zero attached hydrogens (tertiary/aromatic N) is 5. The Morgan fingerprint density at radius 2 is 1.69 bits per heavy atom. The highest BCUT2D eigenvalue weighted by Crippen LogP contribution is 2.33. The van der Waals surface area contributed by atoms with Crippen LogP contribution in [0.2, 0.25) is 5.02 Å². The van der Waals surface area contributed by atoms with Gasteiger partial charge in [-0.05, 0) is 60.0 Å². The van der Waals surface area contributed by atoms with E-state index in [0.717, 1.165) is 75.7 Å². The van der Waals surface area contributed by atoms with E-state index in [1.54, 1.807) is 6.92 Å². The van der Waals surface area contributed by atoms with E-state index in [1.807, 2.05) is 42.4 Å². The third kappa shape index (κ3) is 3.88. The molecule has 0 aliphatic carbocycles. The van der Waals surface area contributed by atoms with Gasteiger partial charge in [0.25, 0.3) is 0 Å². The molecule has 2 aromatic carbocycles. The lowest BCUT2D eigenvalue weighted by Gasteiger charge is -2.35. The monoisotopic (exact) mass is 495 g/mol. The number of aromatic nitrogens is 3. The second-order valence-electron chi connectivity index (χ2n) is 9.25. The Kier molecular flexibility index (Phi) is 5.61. The van der Waals surface area contributed by atoms with Gasteiger partial charge in [0.2, 0.25) is 5.91 Å². The normalized spacial score (nSPS) is 14.1. The molecule has 36 heavy (non-hydrogen) atoms. The Hall–Kier alpha value is -3.90. The zero-order chi connectivity index (χ0) is 24.8. The lowest BCUT2D eigenvalue weighted by atomic mass is 10.0. The lowest BCUT2D eigenvalue weighted by molar-refractivity contribution is -0.129. The largest absolute Gasteiger partial charge is 0.368 e. The van der Waals surface area contributed by atoms with Gasteiger partial charge >= 0.3 is 0 Å². The number of rotatable bonds is 3. The first-order valence-corrected chi connectivity index (χ1v) is 12.5. The summed E-state index contributed by atoms with van der Waals surface area (Å²) in [5.74, 6) is 0.152. The molecule has 3 aromatic heterocycles. The minimum Gasteiger partial charge on any atom is -0.368 e. The minimum atomic E-state index is 0.152. The second kappa shape index (κ2) is 8.95. The van der Waals surface area contributed by atoms with E-state index in [9.17, 15) is 4.79 Å². The van der Waals surface area contributed by atoms with Crippen LogP contribution in [-0.2, 0) is 4.79 Å². The van der Waals surface area contributed by atoms with Crippen LogP contribution in [0, 0.1) is 6.92 Å². The molecule has 0 spiro atoms. The molecule has 0 bridgehead atoms. The van der Waals surface area contributed by atoms with Crippen LogP contribution in [0.1, 0.15) is 12.5 Å². The van der Waals surface area contributed by atoms with Crippen LogP contribution in [0.4, 0.5) is 5.69 Å². The van der Waals surface area contributed by atoms with Crippen molar-refractivity contribution in [1.29, 1.82) is 0 Å². The van der Waals surface area contributed by atoms with Crippen LogP contribution < -0.4 is 4.90 Å². The van der Waals surface area contributed by atoms with Crippen molar-refractivity contribution in [1.82, 2.24) is 19.3 Å². The maximum absolute atomic E-state index is 11.6. The highest BCUT2D eigenvalue weighted by atomic mass is 35.5. The van der Waals surface area contributed by atoms with Crippen molar-refractivity contribution in [3.63, 3.8) is 0 Å². The van der Waals surface area contributed by atoms with E-state index in [0.29, 0.717) is 0 Å². The summed E-state index contributed by atoms with van der Waals surface area (Å²) < 4.78 is 2.12. The zero-order valence-corrected chi connectivity index (χ0v) is 21.0. The number of amides is 1. The first-order chi connectivity index (χ1) is 17.5. The summed E-state index contributed by atoms with van der Waals surface area (Å²) in [6, 6.07) is 18.9. The topological polar surface area (TPSA) is 53.7 Å². The number of pyridine rings is 2. The van der Waals surface area contributed by atoms with Gasteiger partial charge < -0.3 is 9.80 Å². The highest BCUT2D eigenvalue weighted by Gasteiger charge is 2.19. The number of aryl methyl sites for hydroxylation is 1. The second-order valence-corrected chi connectivity index (χ2v) is 9.66. The Morgan fingerprint density at radius 3 is 2.44 bits per heavy atom. The molecule has 6 rings (SSSR count). The number of hydrogen-bond donors (Lipinski definition) is 0. The van der Waals surface area contributed by atoms with Gasteiger partial charge in [0.15, 0.2) is 0 Å². The molecule has 0 radical (unpaired) electrons. The number of carbonyl (C=O) groups is 1. The number of piperazine rings is 1. The molecule has 0 saturated carbocycles. The van der Waals surface area contributed by atoms with Gasteiger partial charge in [0, 0.05) is 67.2 Å². The number of anilines is 1. The molecular formula is C29H26ClN5O. The van der Waals surface area contributed by atoms with Crippen molar-refractivity contribution in [2.45, 2.75) is 13.8 Å². The van der Waals surface area contributed by atoms with Crippen LogP contribution in [0.15, 0.2) is 73.2 Å². The fraction of sp³-hybridized carbons (Fsp3) is 0.207. The van der Waals surface area contributed by atoms with Crippen LogP contribution in [0.25, 0.3) is 38.9 Å². The van der Waals surface area contributed by atoms with E-state index >= 15 is 0 Å². The Morgan fingerprint density at radius 1 is 0.917 bits per heavy atom. The first kappa shape index (κ1) is 22.6. The van der Waals surface area contributed by atoms with Crippen molar-refractivity contribution in [2.24, 2.45) is 0 Å². The maximum Gasteiger partial charge on any atom is 0.219 e. The molecule has 4 heterocycles. The molecule has 6 nitrogen and oxygen atoms in total. The van der Waals surface area contributed by atoms with Gasteiger partial charge in [0.05, 0.1) is 17.4 Å². The van der Waals surface area contributed by atoms with Crippen LogP contribution >= 0.6 is 11.6 Å². The molecular weight excluding hydrogens is 470 g/mol. The fourth-order valence-corrected chi connectivity index (χ4v) is 5.21. The first-order valence-electron chi connectivity index (χ1n) is 12.1. The molecule has 5 aromatic rings. The van der Waals surface area contributed by atoms with Gasteiger partial charge in [-0.1, -0.05) is 29.8 Å². The summed E-state index contributed by atoms with van der Waals surface area (Å²) in [6.07, 6.45) is 5.83. The number of imidazole rings is 1. The van der Waals surface area contributed by atoms with Crippen molar-refractivity contribution in [3.05, 3.63) is 83.8 Å². The maximum atomic E-state index is 11.6. The average molecular weight is 496 g/mol.